The van der Waals surface area contributed by atoms with E-state index in [-0.39, 0.29) is 49.7 Å². The van der Waals surface area contributed by atoms with E-state index in [4.69, 9.17) is 16.4 Å². The number of hydrogen-bond donors (Lipinski definition) is 1. The molecule has 5 nitrogen and oxygen atoms in total. The minimum absolute atomic E-state index is 0.0218. The monoisotopic (exact) mass is 631 g/mol. The van der Waals surface area contributed by atoms with Crippen molar-refractivity contribution >= 4 is 34.3 Å². The summed E-state index contributed by atoms with van der Waals surface area (Å²) in [6.07, 6.45) is -4.76. The van der Waals surface area contributed by atoms with E-state index in [1.165, 1.54) is 19.1 Å². The molecule has 1 heterocycles. The molecule has 4 fully saturated rings. The zero-order chi connectivity index (χ0) is 30.5. The first kappa shape index (κ1) is 30.2. The Hall–Kier alpha value is -1.79. The summed E-state index contributed by atoms with van der Waals surface area (Å²) in [6, 6.07) is 6.93. The van der Waals surface area contributed by atoms with E-state index in [1.54, 1.807) is 36.3 Å². The van der Waals surface area contributed by atoms with Gasteiger partial charge in [0, 0.05) is 40.8 Å². The number of rotatable bonds is 4. The summed E-state index contributed by atoms with van der Waals surface area (Å²) in [4.78, 5) is 32.4. The lowest BCUT2D eigenvalue weighted by Gasteiger charge is -2.63. The highest BCUT2D eigenvalue weighted by Gasteiger charge is 2.79. The van der Waals surface area contributed by atoms with Gasteiger partial charge in [-0.15, -0.1) is 0 Å². The molecule has 1 aromatic carbocycles. The summed E-state index contributed by atoms with van der Waals surface area (Å²) in [7, 11) is 0. The highest BCUT2D eigenvalue weighted by atomic mass is 35.5. The van der Waals surface area contributed by atoms with E-state index in [1.807, 2.05) is 0 Å². The SMILES string of the molecule is CC12C[C@H](O)[C@@]3(F)[C@@H](C[C@H](F)C4=CC(=O)C=C[C@@]43C)[C@@H]1C[C@H]1CN(Cc3ccc(Cl)cc3)O[C@]12C(=O)SCC(F)(F)F. The van der Waals surface area contributed by atoms with Crippen LogP contribution in [0.25, 0.3) is 0 Å². The van der Waals surface area contributed by atoms with Gasteiger partial charge in [-0.3, -0.25) is 14.4 Å². The van der Waals surface area contributed by atoms with Gasteiger partial charge in [-0.1, -0.05) is 48.5 Å². The van der Waals surface area contributed by atoms with E-state index in [0.29, 0.717) is 5.02 Å². The fourth-order valence-corrected chi connectivity index (χ4v) is 9.88. The molecule has 1 unspecified atom stereocenters. The van der Waals surface area contributed by atoms with Crippen molar-refractivity contribution < 1.29 is 41.5 Å². The summed E-state index contributed by atoms with van der Waals surface area (Å²) in [6.45, 7) is 3.56. The van der Waals surface area contributed by atoms with E-state index in [0.717, 1.165) is 11.6 Å². The molecule has 1 N–H and O–H groups in total. The summed E-state index contributed by atoms with van der Waals surface area (Å²) >= 11 is 6.12. The number of allylic oxidation sites excluding steroid dienone is 4. The molecule has 3 saturated carbocycles. The zero-order valence-corrected chi connectivity index (χ0v) is 24.5. The minimum atomic E-state index is -4.61. The van der Waals surface area contributed by atoms with Crippen LogP contribution in [0.5, 0.6) is 0 Å². The number of thioether (sulfide) groups is 1. The Morgan fingerprint density at radius 1 is 1.19 bits per heavy atom. The number of benzene rings is 1. The maximum absolute atomic E-state index is 17.5. The van der Waals surface area contributed by atoms with Crippen LogP contribution in [0, 0.1) is 28.6 Å². The van der Waals surface area contributed by atoms with Crippen molar-refractivity contribution in [3.8, 4) is 0 Å². The molecule has 0 bridgehead atoms. The van der Waals surface area contributed by atoms with Gasteiger partial charge in [0.1, 0.15) is 6.17 Å². The molecule has 1 aliphatic heterocycles. The number of nitrogens with zero attached hydrogens (tertiary/aromatic N) is 1. The molecule has 5 aliphatic rings. The molecular weight excluding hydrogens is 601 g/mol. The van der Waals surface area contributed by atoms with Crippen molar-refractivity contribution in [3.63, 3.8) is 0 Å². The predicted octanol–water partition coefficient (Wildman–Crippen LogP) is 6.19. The fraction of sp³-hybridized carbons (Fsp3) is 0.600. The summed E-state index contributed by atoms with van der Waals surface area (Å²) in [5.41, 5.74) is -6.28. The first-order chi connectivity index (χ1) is 19.5. The average molecular weight is 632 g/mol. The Balaban J connectivity index is 1.40. The number of hydroxylamine groups is 2. The molecule has 0 spiro atoms. The normalized spacial score (nSPS) is 42.9. The Kier molecular flexibility index (Phi) is 7.10. The summed E-state index contributed by atoms with van der Waals surface area (Å²) in [5, 5.41) is 12.9. The molecule has 0 amide bonds. The van der Waals surface area contributed by atoms with Crippen molar-refractivity contribution in [1.29, 1.82) is 0 Å². The van der Waals surface area contributed by atoms with Gasteiger partial charge in [-0.05, 0) is 67.5 Å². The van der Waals surface area contributed by atoms with Gasteiger partial charge in [0.15, 0.2) is 17.1 Å². The van der Waals surface area contributed by atoms with E-state index in [2.05, 4.69) is 0 Å². The summed E-state index contributed by atoms with van der Waals surface area (Å²) in [5.74, 6) is -4.24. The van der Waals surface area contributed by atoms with Crippen molar-refractivity contribution in [1.82, 2.24) is 5.06 Å². The smallest absolute Gasteiger partial charge is 0.390 e. The Bertz CT molecular complexity index is 1370. The van der Waals surface area contributed by atoms with Crippen molar-refractivity contribution in [2.24, 2.45) is 28.6 Å². The van der Waals surface area contributed by atoms with Crippen LogP contribution in [-0.2, 0) is 21.0 Å². The fourth-order valence-electron chi connectivity index (χ4n) is 8.80. The number of carbonyl (C=O) groups is 2. The molecule has 0 radical (unpaired) electrons. The van der Waals surface area contributed by atoms with Crippen LogP contribution >= 0.6 is 23.4 Å². The molecule has 12 heteroatoms. The third-order valence-corrected chi connectivity index (χ3v) is 11.9. The quantitative estimate of drug-likeness (QED) is 0.400. The second-order valence-electron chi connectivity index (χ2n) is 12.8. The van der Waals surface area contributed by atoms with Crippen LogP contribution in [0.3, 0.4) is 0 Å². The van der Waals surface area contributed by atoms with Crippen molar-refractivity contribution in [2.45, 2.75) is 69.4 Å². The van der Waals surface area contributed by atoms with Gasteiger partial charge >= 0.3 is 6.18 Å². The summed E-state index contributed by atoms with van der Waals surface area (Å²) < 4.78 is 73.1. The second kappa shape index (κ2) is 9.86. The zero-order valence-electron chi connectivity index (χ0n) is 23.0. The molecule has 228 valence electrons. The van der Waals surface area contributed by atoms with Gasteiger partial charge in [-0.2, -0.15) is 18.2 Å². The molecule has 0 aromatic heterocycles. The van der Waals surface area contributed by atoms with E-state index < -0.39 is 75.0 Å². The molecule has 1 saturated heterocycles. The molecule has 4 aliphatic carbocycles. The number of aliphatic hydroxyl groups excluding tert-OH is 1. The highest BCUT2D eigenvalue weighted by molar-refractivity contribution is 8.13. The maximum atomic E-state index is 17.5. The van der Waals surface area contributed by atoms with Gasteiger partial charge in [-0.25, -0.2) is 8.78 Å². The van der Waals surface area contributed by atoms with Crippen molar-refractivity contribution in [2.75, 3.05) is 12.3 Å². The standard InChI is InChI=1S/C30H31ClF5NO4S/c1-26-8-7-19(38)10-22(26)23(32)11-21-20-9-17-14-37(13-16-3-5-18(31)6-4-16)41-30(17,25(40)42-15-28(33,34)35)27(20,2)12-24(39)29(21,26)36/h3-8,10,17,20-21,23-24,39H,9,11-15H2,1-2H3/t17-,20-,21-,23-,24-,26-,27?,29-,30-/m0/s1. The number of halogens is 6. The Labute approximate surface area is 249 Å². The largest absolute Gasteiger partial charge is 0.398 e. The van der Waals surface area contributed by atoms with Crippen LogP contribution in [0.1, 0.15) is 38.7 Å². The first-order valence-electron chi connectivity index (χ1n) is 13.9. The van der Waals surface area contributed by atoms with Crippen LogP contribution in [0.15, 0.2) is 48.1 Å². The lowest BCUT2D eigenvalue weighted by atomic mass is 9.44. The third kappa shape index (κ3) is 4.20. The Morgan fingerprint density at radius 2 is 1.88 bits per heavy atom. The molecule has 1 aromatic rings. The average Bonchev–Trinajstić information content (AvgIpc) is 3.39. The first-order valence-corrected chi connectivity index (χ1v) is 15.3. The minimum Gasteiger partial charge on any atom is -0.390 e. The topological polar surface area (TPSA) is 66.8 Å². The predicted molar refractivity (Wildman–Crippen MR) is 147 cm³/mol. The number of carbonyl (C=O) groups excluding carboxylic acids is 2. The second-order valence-corrected chi connectivity index (χ2v) is 14.1. The van der Waals surface area contributed by atoms with Gasteiger partial charge < -0.3 is 5.11 Å². The highest BCUT2D eigenvalue weighted by Crippen LogP contribution is 2.73. The van der Waals surface area contributed by atoms with Crippen LogP contribution in [0.4, 0.5) is 22.0 Å². The number of alkyl halides is 5. The van der Waals surface area contributed by atoms with Crippen LogP contribution < -0.4 is 0 Å². The third-order valence-electron chi connectivity index (χ3n) is 10.6. The van der Waals surface area contributed by atoms with Crippen molar-refractivity contribution in [3.05, 3.63) is 58.7 Å². The van der Waals surface area contributed by atoms with Gasteiger partial charge in [0.2, 0.25) is 5.12 Å². The molecular formula is C30H31ClF5NO4S. The Morgan fingerprint density at radius 3 is 2.55 bits per heavy atom. The number of ketones is 1. The van der Waals surface area contributed by atoms with E-state index in [9.17, 15) is 27.9 Å². The van der Waals surface area contributed by atoms with E-state index >= 15 is 8.78 Å². The van der Waals surface area contributed by atoms with Crippen LogP contribution in [0.2, 0.25) is 5.02 Å². The molecule has 42 heavy (non-hydrogen) atoms. The lowest BCUT2D eigenvalue weighted by molar-refractivity contribution is -0.266. The lowest BCUT2D eigenvalue weighted by Crippen LogP contribution is -2.70. The molecule has 6 rings (SSSR count). The molecule has 9 atom stereocenters. The number of fused-ring (bicyclic) bond motifs is 7. The maximum Gasteiger partial charge on any atom is 0.398 e. The van der Waals surface area contributed by atoms with Gasteiger partial charge in [0.25, 0.3) is 0 Å². The van der Waals surface area contributed by atoms with Crippen LogP contribution in [-0.4, -0.2) is 63.1 Å². The number of aliphatic hydroxyl groups is 1. The van der Waals surface area contributed by atoms with Gasteiger partial charge in [0.05, 0.1) is 11.9 Å². The number of hydrogen-bond acceptors (Lipinski definition) is 6.